The third-order valence-corrected chi connectivity index (χ3v) is 5.08. The van der Waals surface area contributed by atoms with Crippen molar-refractivity contribution in [3.05, 3.63) is 17.5 Å². The third-order valence-electron chi connectivity index (χ3n) is 5.08. The van der Waals surface area contributed by atoms with Gasteiger partial charge in [-0.1, -0.05) is 12.8 Å². The molecule has 116 valence electrons. The van der Waals surface area contributed by atoms with Crippen molar-refractivity contribution in [2.45, 2.75) is 51.6 Å². The number of hydrogen-bond donors (Lipinski definition) is 1. The molecule has 1 N–H and O–H groups in total. The van der Waals surface area contributed by atoms with Gasteiger partial charge in [0.15, 0.2) is 0 Å². The highest BCUT2D eigenvalue weighted by atomic mass is 16.2. The van der Waals surface area contributed by atoms with Crippen LogP contribution in [0.25, 0.3) is 0 Å². The van der Waals surface area contributed by atoms with Crippen LogP contribution in [0.1, 0.15) is 43.4 Å². The highest BCUT2D eigenvalue weighted by Crippen LogP contribution is 2.22. The highest BCUT2D eigenvalue weighted by molar-refractivity contribution is 5.79. The first kappa shape index (κ1) is 14.6. The normalized spacial score (nSPS) is 23.8. The van der Waals surface area contributed by atoms with Gasteiger partial charge in [-0.3, -0.25) is 14.4 Å². The van der Waals surface area contributed by atoms with Gasteiger partial charge in [-0.15, -0.1) is 0 Å². The number of likely N-dealkylation sites (tertiary alicyclic amines) is 1. The average molecular weight is 290 g/mol. The Balaban J connectivity index is 1.50. The fraction of sp³-hybridized carbons (Fsp3) is 0.750. The highest BCUT2D eigenvalue weighted by Gasteiger charge is 2.30. The van der Waals surface area contributed by atoms with Gasteiger partial charge in [0.25, 0.3) is 0 Å². The van der Waals surface area contributed by atoms with Gasteiger partial charge in [-0.05, 0) is 32.7 Å². The van der Waals surface area contributed by atoms with Gasteiger partial charge in [-0.25, -0.2) is 0 Å². The number of rotatable bonds is 4. The van der Waals surface area contributed by atoms with E-state index in [9.17, 15) is 4.79 Å². The minimum Gasteiger partial charge on any atom is -0.353 e. The van der Waals surface area contributed by atoms with Gasteiger partial charge < -0.3 is 5.32 Å². The molecule has 1 saturated heterocycles. The van der Waals surface area contributed by atoms with Gasteiger partial charge in [0.05, 0.1) is 12.1 Å². The Labute approximate surface area is 126 Å². The van der Waals surface area contributed by atoms with Crippen molar-refractivity contribution in [2.75, 3.05) is 13.1 Å². The second-order valence-electron chi connectivity index (χ2n) is 6.59. The Hall–Kier alpha value is -1.36. The summed E-state index contributed by atoms with van der Waals surface area (Å²) in [7, 11) is 1.97. The second-order valence-corrected chi connectivity index (χ2v) is 6.59. The predicted molar refractivity (Wildman–Crippen MR) is 81.7 cm³/mol. The molecule has 1 aromatic rings. The fourth-order valence-corrected chi connectivity index (χ4v) is 3.52. The van der Waals surface area contributed by atoms with E-state index in [0.29, 0.717) is 6.04 Å². The summed E-state index contributed by atoms with van der Waals surface area (Å²) in [5, 5.41) is 7.53. The molecular weight excluding hydrogens is 264 g/mol. The molecule has 5 nitrogen and oxygen atoms in total. The number of aryl methyl sites for hydroxylation is 1. The maximum absolute atomic E-state index is 12.3. The molecule has 3 rings (SSSR count). The molecule has 0 aromatic carbocycles. The Morgan fingerprint density at radius 2 is 2.14 bits per heavy atom. The summed E-state index contributed by atoms with van der Waals surface area (Å²) < 4.78 is 1.91. The van der Waals surface area contributed by atoms with E-state index in [4.69, 9.17) is 0 Å². The van der Waals surface area contributed by atoms with E-state index in [1.165, 1.54) is 24.1 Å². The summed E-state index contributed by atoms with van der Waals surface area (Å²) in [4.78, 5) is 14.7. The predicted octanol–water partition coefficient (Wildman–Crippen LogP) is 1.61. The second kappa shape index (κ2) is 6.18. The maximum atomic E-state index is 12.3. The summed E-state index contributed by atoms with van der Waals surface area (Å²) in [6, 6.07) is 0.437. The topological polar surface area (TPSA) is 50.2 Å². The average Bonchev–Trinajstić information content (AvgIpc) is 3.18. The van der Waals surface area contributed by atoms with Gasteiger partial charge in [0, 0.05) is 37.4 Å². The number of hydrogen-bond acceptors (Lipinski definition) is 3. The van der Waals surface area contributed by atoms with Crippen molar-refractivity contribution in [1.29, 1.82) is 0 Å². The Bertz CT molecular complexity index is 504. The van der Waals surface area contributed by atoms with Crippen LogP contribution in [0.2, 0.25) is 0 Å². The molecule has 2 fully saturated rings. The molecule has 2 aliphatic rings. The summed E-state index contributed by atoms with van der Waals surface area (Å²) >= 11 is 0. The molecule has 0 unspecified atom stereocenters. The minimum atomic E-state index is 0.169. The molecule has 5 heteroatoms. The molecule has 0 bridgehead atoms. The molecule has 2 heterocycles. The monoisotopic (exact) mass is 290 g/mol. The Morgan fingerprint density at radius 3 is 2.81 bits per heavy atom. The Kier molecular flexibility index (Phi) is 4.29. The van der Waals surface area contributed by atoms with E-state index >= 15 is 0 Å². The molecule has 1 aliphatic carbocycles. The molecule has 1 amide bonds. The van der Waals surface area contributed by atoms with Crippen LogP contribution in [0.4, 0.5) is 0 Å². The summed E-state index contributed by atoms with van der Waals surface area (Å²) in [6.45, 7) is 4.90. The van der Waals surface area contributed by atoms with Gasteiger partial charge in [0.2, 0.25) is 5.91 Å². The zero-order valence-corrected chi connectivity index (χ0v) is 13.1. The SMILES string of the molecule is Cc1c(CN2CC[C@H](C(=O)NC3CCCC3)C2)cnn1C. The van der Waals surface area contributed by atoms with Crippen LogP contribution < -0.4 is 5.32 Å². The van der Waals surface area contributed by atoms with Crippen molar-refractivity contribution in [1.82, 2.24) is 20.0 Å². The molecule has 21 heavy (non-hydrogen) atoms. The molecule has 0 radical (unpaired) electrons. The van der Waals surface area contributed by atoms with Crippen LogP contribution >= 0.6 is 0 Å². The largest absolute Gasteiger partial charge is 0.353 e. The lowest BCUT2D eigenvalue weighted by atomic mass is 10.1. The standard InChI is InChI=1S/C16H26N4O/c1-12-14(9-17-19(12)2)11-20-8-7-13(10-20)16(21)18-15-5-3-4-6-15/h9,13,15H,3-8,10-11H2,1-2H3,(H,18,21)/t13-/m0/s1. The van der Waals surface area contributed by atoms with E-state index in [-0.39, 0.29) is 11.8 Å². The zero-order valence-electron chi connectivity index (χ0n) is 13.1. The minimum absolute atomic E-state index is 0.169. The first-order valence-corrected chi connectivity index (χ1v) is 8.13. The fourth-order valence-electron chi connectivity index (χ4n) is 3.52. The summed E-state index contributed by atoms with van der Waals surface area (Å²) in [5.41, 5.74) is 2.49. The molecule has 1 aromatic heterocycles. The van der Waals surface area contributed by atoms with E-state index in [1.807, 2.05) is 17.9 Å². The van der Waals surface area contributed by atoms with Crippen molar-refractivity contribution in [3.63, 3.8) is 0 Å². The van der Waals surface area contributed by atoms with E-state index in [0.717, 1.165) is 38.9 Å². The van der Waals surface area contributed by atoms with Crippen LogP contribution in [0.5, 0.6) is 0 Å². The van der Waals surface area contributed by atoms with Gasteiger partial charge >= 0.3 is 0 Å². The van der Waals surface area contributed by atoms with Crippen LogP contribution in [0.15, 0.2) is 6.20 Å². The summed E-state index contributed by atoms with van der Waals surface area (Å²) in [5.74, 6) is 0.440. The Morgan fingerprint density at radius 1 is 1.38 bits per heavy atom. The van der Waals surface area contributed by atoms with E-state index < -0.39 is 0 Å². The molecule has 1 atom stereocenters. The van der Waals surface area contributed by atoms with Crippen LogP contribution in [0, 0.1) is 12.8 Å². The van der Waals surface area contributed by atoms with E-state index in [1.54, 1.807) is 0 Å². The first-order valence-electron chi connectivity index (χ1n) is 8.13. The number of carbonyl (C=O) groups is 1. The van der Waals surface area contributed by atoms with Crippen LogP contribution in [-0.2, 0) is 18.4 Å². The smallest absolute Gasteiger partial charge is 0.224 e. The van der Waals surface area contributed by atoms with Crippen LogP contribution in [0.3, 0.4) is 0 Å². The number of aromatic nitrogens is 2. The van der Waals surface area contributed by atoms with Crippen molar-refractivity contribution in [2.24, 2.45) is 13.0 Å². The summed E-state index contributed by atoms with van der Waals surface area (Å²) in [6.07, 6.45) is 7.79. The number of nitrogens with one attached hydrogen (secondary N) is 1. The van der Waals surface area contributed by atoms with Crippen molar-refractivity contribution >= 4 is 5.91 Å². The van der Waals surface area contributed by atoms with E-state index in [2.05, 4.69) is 22.2 Å². The number of carbonyl (C=O) groups excluding carboxylic acids is 1. The van der Waals surface area contributed by atoms with Gasteiger partial charge in [0.1, 0.15) is 0 Å². The first-order chi connectivity index (χ1) is 10.1. The molecule has 1 aliphatic heterocycles. The third kappa shape index (κ3) is 3.28. The molecule has 1 saturated carbocycles. The zero-order chi connectivity index (χ0) is 14.8. The van der Waals surface area contributed by atoms with Crippen molar-refractivity contribution in [3.8, 4) is 0 Å². The lowest BCUT2D eigenvalue weighted by molar-refractivity contribution is -0.125. The lowest BCUT2D eigenvalue weighted by Crippen LogP contribution is -2.38. The lowest BCUT2D eigenvalue weighted by Gasteiger charge is -2.17. The molecule has 0 spiro atoms. The molecular formula is C16H26N4O. The number of amides is 1. The van der Waals surface area contributed by atoms with Crippen LogP contribution in [-0.4, -0.2) is 39.7 Å². The van der Waals surface area contributed by atoms with Crippen molar-refractivity contribution < 1.29 is 4.79 Å². The number of nitrogens with zero attached hydrogens (tertiary/aromatic N) is 3. The quantitative estimate of drug-likeness (QED) is 0.916. The maximum Gasteiger partial charge on any atom is 0.224 e. The van der Waals surface area contributed by atoms with Gasteiger partial charge in [-0.2, -0.15) is 5.10 Å².